The second-order valence-electron chi connectivity index (χ2n) is 4.11. The first-order valence-electron chi connectivity index (χ1n) is 6.22. The van der Waals surface area contributed by atoms with E-state index in [-0.39, 0.29) is 5.97 Å². The Morgan fingerprint density at radius 1 is 1.50 bits per heavy atom. The molecule has 0 amide bonds. The molecule has 0 aliphatic rings. The average Bonchev–Trinajstić information content (AvgIpc) is 2.83. The second kappa shape index (κ2) is 6.85. The van der Waals surface area contributed by atoms with Crippen molar-refractivity contribution in [3.63, 3.8) is 0 Å². The van der Waals surface area contributed by atoms with Gasteiger partial charge in [-0.2, -0.15) is 0 Å². The zero-order valence-corrected chi connectivity index (χ0v) is 13.7. The Morgan fingerprint density at radius 3 is 2.90 bits per heavy atom. The summed E-state index contributed by atoms with van der Waals surface area (Å²) < 4.78 is 5.81. The van der Waals surface area contributed by atoms with E-state index in [9.17, 15) is 4.79 Å². The lowest BCUT2D eigenvalue weighted by Crippen LogP contribution is -2.05. The van der Waals surface area contributed by atoms with E-state index in [1.807, 2.05) is 19.2 Å². The molecule has 0 aliphatic heterocycles. The third kappa shape index (κ3) is 3.80. The van der Waals surface area contributed by atoms with E-state index in [0.29, 0.717) is 18.7 Å². The number of hydrogen-bond acceptors (Lipinski definition) is 5. The summed E-state index contributed by atoms with van der Waals surface area (Å²) in [4.78, 5) is 17.0. The van der Waals surface area contributed by atoms with E-state index in [2.05, 4.69) is 26.2 Å². The predicted molar refractivity (Wildman–Crippen MR) is 84.3 cm³/mol. The molecular weight excluding hydrogens is 340 g/mol. The highest BCUT2D eigenvalue weighted by Gasteiger charge is 2.09. The van der Waals surface area contributed by atoms with Crippen LogP contribution in [0.5, 0.6) is 0 Å². The molecule has 2 aromatic rings. The number of nitrogens with zero attached hydrogens (tertiary/aromatic N) is 1. The number of hydrogen-bond donors (Lipinski definition) is 1. The lowest BCUT2D eigenvalue weighted by Gasteiger charge is -2.09. The summed E-state index contributed by atoms with van der Waals surface area (Å²) >= 11 is 5.13. The van der Waals surface area contributed by atoms with Crippen LogP contribution in [-0.4, -0.2) is 17.6 Å². The number of carbonyl (C=O) groups is 1. The minimum atomic E-state index is -0.308. The monoisotopic (exact) mass is 354 g/mol. The maximum Gasteiger partial charge on any atom is 0.338 e. The third-order valence-corrected chi connectivity index (χ3v) is 4.17. The molecule has 0 aliphatic carbocycles. The SMILES string of the molecule is CCOC(=O)c1ccc(NCc2cnc(C)s2)c(Br)c1. The number of aryl methyl sites for hydroxylation is 1. The van der Waals surface area contributed by atoms with E-state index < -0.39 is 0 Å². The molecule has 1 N–H and O–H groups in total. The summed E-state index contributed by atoms with van der Waals surface area (Å²) in [6.45, 7) is 4.86. The summed E-state index contributed by atoms with van der Waals surface area (Å²) in [5.41, 5.74) is 1.47. The van der Waals surface area contributed by atoms with Crippen molar-refractivity contribution in [1.82, 2.24) is 4.98 Å². The van der Waals surface area contributed by atoms with Crippen molar-refractivity contribution in [2.75, 3.05) is 11.9 Å². The Hall–Kier alpha value is -1.40. The fourth-order valence-corrected chi connectivity index (χ4v) is 2.92. The van der Waals surface area contributed by atoms with Crippen LogP contribution in [0.3, 0.4) is 0 Å². The summed E-state index contributed by atoms with van der Waals surface area (Å²) in [7, 11) is 0. The fraction of sp³-hybridized carbons (Fsp3) is 0.286. The Labute approximate surface area is 130 Å². The number of aromatic nitrogens is 1. The molecule has 0 bridgehead atoms. The van der Waals surface area contributed by atoms with Crippen LogP contribution in [0.15, 0.2) is 28.9 Å². The van der Waals surface area contributed by atoms with Crippen LogP contribution in [0.2, 0.25) is 0 Å². The zero-order chi connectivity index (χ0) is 14.5. The molecule has 1 aromatic carbocycles. The minimum absolute atomic E-state index is 0.308. The molecule has 1 aromatic heterocycles. The van der Waals surface area contributed by atoms with Crippen molar-refractivity contribution in [3.05, 3.63) is 44.3 Å². The molecule has 6 heteroatoms. The summed E-state index contributed by atoms with van der Waals surface area (Å²) in [5, 5.41) is 4.37. The van der Waals surface area contributed by atoms with Gasteiger partial charge in [-0.1, -0.05) is 0 Å². The zero-order valence-electron chi connectivity index (χ0n) is 11.3. The van der Waals surface area contributed by atoms with Gasteiger partial charge >= 0.3 is 5.97 Å². The maximum absolute atomic E-state index is 11.6. The predicted octanol–water partition coefficient (Wildman–Crippen LogP) is 4.00. The number of rotatable bonds is 5. The van der Waals surface area contributed by atoms with Crippen LogP contribution in [0.25, 0.3) is 0 Å². The second-order valence-corrected chi connectivity index (χ2v) is 6.29. The van der Waals surface area contributed by atoms with Crippen molar-refractivity contribution in [3.8, 4) is 0 Å². The first-order chi connectivity index (χ1) is 9.60. The lowest BCUT2D eigenvalue weighted by atomic mass is 10.2. The highest BCUT2D eigenvalue weighted by Crippen LogP contribution is 2.25. The summed E-state index contributed by atoms with van der Waals surface area (Å²) in [6.07, 6.45) is 1.87. The van der Waals surface area contributed by atoms with Gasteiger partial charge in [-0.3, -0.25) is 0 Å². The minimum Gasteiger partial charge on any atom is -0.462 e. The Morgan fingerprint density at radius 2 is 2.30 bits per heavy atom. The molecule has 0 unspecified atom stereocenters. The number of thiazole rings is 1. The first-order valence-corrected chi connectivity index (χ1v) is 7.83. The first kappa shape index (κ1) is 15.0. The molecule has 1 heterocycles. The van der Waals surface area contributed by atoms with Crippen LogP contribution < -0.4 is 5.32 Å². The molecule has 0 saturated carbocycles. The number of esters is 1. The van der Waals surface area contributed by atoms with Gasteiger partial charge < -0.3 is 10.1 Å². The van der Waals surface area contributed by atoms with E-state index in [1.165, 1.54) is 4.88 Å². The van der Waals surface area contributed by atoms with Crippen molar-refractivity contribution in [1.29, 1.82) is 0 Å². The fourth-order valence-electron chi connectivity index (χ4n) is 1.67. The molecular formula is C14H15BrN2O2S. The molecule has 0 saturated heterocycles. The van der Waals surface area contributed by atoms with Crippen molar-refractivity contribution in [2.45, 2.75) is 20.4 Å². The molecule has 20 heavy (non-hydrogen) atoms. The number of anilines is 1. The van der Waals surface area contributed by atoms with E-state index in [4.69, 9.17) is 4.74 Å². The largest absolute Gasteiger partial charge is 0.462 e. The van der Waals surface area contributed by atoms with Gasteiger partial charge in [0.1, 0.15) is 0 Å². The van der Waals surface area contributed by atoms with Gasteiger partial charge in [0.15, 0.2) is 0 Å². The molecule has 106 valence electrons. The number of ether oxygens (including phenoxy) is 1. The van der Waals surface area contributed by atoms with Crippen molar-refractivity contribution >= 4 is 38.9 Å². The number of nitrogens with one attached hydrogen (secondary N) is 1. The summed E-state index contributed by atoms with van der Waals surface area (Å²) in [5.74, 6) is -0.308. The Balaban J connectivity index is 2.04. The Kier molecular flexibility index (Phi) is 5.14. The highest BCUT2D eigenvalue weighted by molar-refractivity contribution is 9.10. The smallest absolute Gasteiger partial charge is 0.338 e. The maximum atomic E-state index is 11.6. The highest BCUT2D eigenvalue weighted by atomic mass is 79.9. The van der Waals surface area contributed by atoms with E-state index >= 15 is 0 Å². The topological polar surface area (TPSA) is 51.2 Å². The lowest BCUT2D eigenvalue weighted by molar-refractivity contribution is 0.0526. The van der Waals surface area contributed by atoms with Crippen LogP contribution in [0.1, 0.15) is 27.2 Å². The summed E-state index contributed by atoms with van der Waals surface area (Å²) in [6, 6.07) is 5.38. The van der Waals surface area contributed by atoms with Gasteiger partial charge in [0.05, 0.1) is 23.7 Å². The molecule has 4 nitrogen and oxygen atoms in total. The van der Waals surface area contributed by atoms with Crippen LogP contribution >= 0.6 is 27.3 Å². The van der Waals surface area contributed by atoms with Gasteiger partial charge in [-0.05, 0) is 48.0 Å². The Bertz CT molecular complexity index is 613. The quantitative estimate of drug-likeness (QED) is 0.824. The number of benzene rings is 1. The number of carbonyl (C=O) groups excluding carboxylic acids is 1. The van der Waals surface area contributed by atoms with Crippen LogP contribution in [0.4, 0.5) is 5.69 Å². The molecule has 0 radical (unpaired) electrons. The van der Waals surface area contributed by atoms with Crippen molar-refractivity contribution in [2.24, 2.45) is 0 Å². The standard InChI is InChI=1S/C14H15BrN2O2S/c1-3-19-14(18)10-4-5-13(12(15)6-10)17-8-11-7-16-9(2)20-11/h4-7,17H,3,8H2,1-2H3. The molecule has 0 fully saturated rings. The van der Waals surface area contributed by atoms with Gasteiger partial charge in [-0.25, -0.2) is 9.78 Å². The average molecular weight is 355 g/mol. The van der Waals surface area contributed by atoms with Crippen LogP contribution in [-0.2, 0) is 11.3 Å². The van der Waals surface area contributed by atoms with Gasteiger partial charge in [0, 0.05) is 21.2 Å². The van der Waals surface area contributed by atoms with E-state index in [0.717, 1.165) is 15.2 Å². The van der Waals surface area contributed by atoms with Gasteiger partial charge in [0.25, 0.3) is 0 Å². The van der Waals surface area contributed by atoms with Crippen molar-refractivity contribution < 1.29 is 9.53 Å². The van der Waals surface area contributed by atoms with E-state index in [1.54, 1.807) is 30.4 Å². The number of halogens is 1. The molecule has 0 spiro atoms. The van der Waals surface area contributed by atoms with Gasteiger partial charge in [-0.15, -0.1) is 11.3 Å². The van der Waals surface area contributed by atoms with Gasteiger partial charge in [0.2, 0.25) is 0 Å². The van der Waals surface area contributed by atoms with Crippen LogP contribution in [0, 0.1) is 6.92 Å². The third-order valence-electron chi connectivity index (χ3n) is 2.60. The molecule has 0 atom stereocenters. The normalized spacial score (nSPS) is 10.3. The molecule has 2 rings (SSSR count).